The van der Waals surface area contributed by atoms with Gasteiger partial charge in [0.25, 0.3) is 5.91 Å². The molecule has 0 atom stereocenters. The van der Waals surface area contributed by atoms with Crippen molar-refractivity contribution < 1.29 is 9.53 Å². The Balaban J connectivity index is 1.65. The first kappa shape index (κ1) is 15.8. The summed E-state index contributed by atoms with van der Waals surface area (Å²) in [6.07, 6.45) is 2.14. The number of hydrogen-bond acceptors (Lipinski definition) is 5. The molecule has 0 saturated carbocycles. The van der Waals surface area contributed by atoms with Crippen LogP contribution >= 0.6 is 11.3 Å². The predicted octanol–water partition coefficient (Wildman–Crippen LogP) is 3.03. The molecule has 1 fully saturated rings. The third-order valence-corrected chi connectivity index (χ3v) is 4.85. The lowest BCUT2D eigenvalue weighted by Gasteiger charge is -2.30. The van der Waals surface area contributed by atoms with Gasteiger partial charge in [-0.1, -0.05) is 19.1 Å². The van der Waals surface area contributed by atoms with E-state index in [1.54, 1.807) is 0 Å². The number of anilines is 1. The number of thiazole rings is 1. The molecule has 6 heteroatoms. The second kappa shape index (κ2) is 7.00. The first-order valence-electron chi connectivity index (χ1n) is 7.84. The molecule has 1 aliphatic rings. The summed E-state index contributed by atoms with van der Waals surface area (Å²) in [7, 11) is 0. The Labute approximate surface area is 140 Å². The third-order valence-electron chi connectivity index (χ3n) is 4.17. The monoisotopic (exact) mass is 331 g/mol. The van der Waals surface area contributed by atoms with E-state index in [1.807, 2.05) is 34.5 Å². The Kier molecular flexibility index (Phi) is 4.81. The summed E-state index contributed by atoms with van der Waals surface area (Å²) in [6, 6.07) is 7.60. The highest BCUT2D eigenvalue weighted by Gasteiger charge is 2.21. The van der Waals surface area contributed by atoms with Crippen molar-refractivity contribution in [1.82, 2.24) is 9.88 Å². The molecule has 0 spiro atoms. The van der Waals surface area contributed by atoms with Crippen molar-refractivity contribution in [3.05, 3.63) is 29.6 Å². The smallest absolute Gasteiger partial charge is 0.260 e. The molecule has 1 amide bonds. The topological polar surface area (TPSA) is 68.5 Å². The molecule has 23 heavy (non-hydrogen) atoms. The Hall–Kier alpha value is -2.08. The number of carbonyl (C=O) groups excluding carboxylic acids is 1. The van der Waals surface area contributed by atoms with Gasteiger partial charge in [0.05, 0.1) is 5.69 Å². The molecular formula is C17H21N3O2S. The van der Waals surface area contributed by atoms with Crippen molar-refractivity contribution in [2.24, 2.45) is 5.92 Å². The Morgan fingerprint density at radius 2 is 2.13 bits per heavy atom. The maximum atomic E-state index is 12.3. The van der Waals surface area contributed by atoms with E-state index in [0.717, 1.165) is 37.2 Å². The highest BCUT2D eigenvalue weighted by atomic mass is 32.1. The minimum Gasteiger partial charge on any atom is -0.483 e. The van der Waals surface area contributed by atoms with E-state index < -0.39 is 0 Å². The van der Waals surface area contributed by atoms with Gasteiger partial charge in [-0.3, -0.25) is 4.79 Å². The molecular weight excluding hydrogens is 310 g/mol. The molecule has 122 valence electrons. The van der Waals surface area contributed by atoms with Crippen molar-refractivity contribution in [2.45, 2.75) is 19.8 Å². The normalized spacial score (nSPS) is 15.6. The minimum absolute atomic E-state index is 0.0458. The number of carbonyl (C=O) groups is 1. The van der Waals surface area contributed by atoms with Crippen molar-refractivity contribution >= 4 is 22.4 Å². The van der Waals surface area contributed by atoms with Gasteiger partial charge in [-0.25, -0.2) is 4.98 Å². The SMILES string of the molecule is CC1CCN(C(=O)COc2ccccc2-c2csc(N)n2)CC1. The van der Waals surface area contributed by atoms with Crippen molar-refractivity contribution in [3.8, 4) is 17.0 Å². The van der Waals surface area contributed by atoms with Gasteiger partial charge in [0.2, 0.25) is 0 Å². The van der Waals surface area contributed by atoms with Crippen LogP contribution in [0.4, 0.5) is 5.13 Å². The van der Waals surface area contributed by atoms with Crippen molar-refractivity contribution in [1.29, 1.82) is 0 Å². The second-order valence-corrected chi connectivity index (χ2v) is 6.81. The van der Waals surface area contributed by atoms with E-state index in [2.05, 4.69) is 11.9 Å². The fourth-order valence-electron chi connectivity index (χ4n) is 2.70. The molecule has 0 radical (unpaired) electrons. The van der Waals surface area contributed by atoms with E-state index in [9.17, 15) is 4.79 Å². The maximum Gasteiger partial charge on any atom is 0.260 e. The average molecular weight is 331 g/mol. The van der Waals surface area contributed by atoms with E-state index in [1.165, 1.54) is 11.3 Å². The van der Waals surface area contributed by atoms with Crippen LogP contribution in [0, 0.1) is 5.92 Å². The zero-order chi connectivity index (χ0) is 16.2. The van der Waals surface area contributed by atoms with Crippen LogP contribution in [0.25, 0.3) is 11.3 Å². The zero-order valence-corrected chi connectivity index (χ0v) is 14.0. The quantitative estimate of drug-likeness (QED) is 0.935. The number of rotatable bonds is 4. The number of benzene rings is 1. The Morgan fingerprint density at radius 3 is 2.83 bits per heavy atom. The van der Waals surface area contributed by atoms with Gasteiger partial charge in [-0.2, -0.15) is 0 Å². The van der Waals surface area contributed by atoms with Gasteiger partial charge in [-0.15, -0.1) is 11.3 Å². The van der Waals surface area contributed by atoms with Gasteiger partial charge in [0, 0.05) is 24.0 Å². The van der Waals surface area contributed by atoms with Gasteiger partial charge < -0.3 is 15.4 Å². The first-order valence-corrected chi connectivity index (χ1v) is 8.72. The maximum absolute atomic E-state index is 12.3. The van der Waals surface area contributed by atoms with Gasteiger partial charge in [-0.05, 0) is 30.9 Å². The Bertz CT molecular complexity index is 678. The predicted molar refractivity (Wildman–Crippen MR) is 92.4 cm³/mol. The number of ether oxygens (including phenoxy) is 1. The molecule has 0 unspecified atom stereocenters. The van der Waals surface area contributed by atoms with E-state index in [-0.39, 0.29) is 12.5 Å². The zero-order valence-electron chi connectivity index (χ0n) is 13.2. The lowest BCUT2D eigenvalue weighted by Crippen LogP contribution is -2.40. The highest BCUT2D eigenvalue weighted by Crippen LogP contribution is 2.31. The number of amides is 1. The summed E-state index contributed by atoms with van der Waals surface area (Å²) in [6.45, 7) is 3.94. The van der Waals surface area contributed by atoms with Gasteiger partial charge in [0.1, 0.15) is 5.75 Å². The molecule has 3 rings (SSSR count). The van der Waals surface area contributed by atoms with Crippen LogP contribution in [0.3, 0.4) is 0 Å². The summed E-state index contributed by atoms with van der Waals surface area (Å²) in [5, 5.41) is 2.42. The summed E-state index contributed by atoms with van der Waals surface area (Å²) in [5.74, 6) is 1.41. The van der Waals surface area contributed by atoms with Crippen molar-refractivity contribution in [2.75, 3.05) is 25.4 Å². The fourth-order valence-corrected chi connectivity index (χ4v) is 3.27. The average Bonchev–Trinajstić information content (AvgIpc) is 3.00. The number of nitrogens with two attached hydrogens (primary N) is 1. The van der Waals surface area contributed by atoms with Crippen molar-refractivity contribution in [3.63, 3.8) is 0 Å². The molecule has 1 aromatic carbocycles. The molecule has 1 aliphatic heterocycles. The number of aromatic nitrogens is 1. The van der Waals surface area contributed by atoms with Gasteiger partial charge >= 0.3 is 0 Å². The van der Waals surface area contributed by atoms with Crippen LogP contribution in [0.1, 0.15) is 19.8 Å². The number of likely N-dealkylation sites (tertiary alicyclic amines) is 1. The van der Waals surface area contributed by atoms with Crippen LogP contribution in [0.2, 0.25) is 0 Å². The minimum atomic E-state index is 0.0458. The molecule has 1 aromatic heterocycles. The summed E-state index contributed by atoms with van der Waals surface area (Å²) in [5.41, 5.74) is 7.34. The number of hydrogen-bond donors (Lipinski definition) is 1. The second-order valence-electron chi connectivity index (χ2n) is 5.92. The number of nitrogen functional groups attached to an aromatic ring is 1. The molecule has 1 saturated heterocycles. The van der Waals surface area contributed by atoms with Crippen LogP contribution in [0.15, 0.2) is 29.6 Å². The molecule has 0 bridgehead atoms. The van der Waals surface area contributed by atoms with E-state index >= 15 is 0 Å². The summed E-state index contributed by atoms with van der Waals surface area (Å²) >= 11 is 1.39. The first-order chi connectivity index (χ1) is 11.1. The fraction of sp³-hybridized carbons (Fsp3) is 0.412. The lowest BCUT2D eigenvalue weighted by atomic mass is 9.99. The largest absolute Gasteiger partial charge is 0.483 e. The van der Waals surface area contributed by atoms with E-state index in [4.69, 9.17) is 10.5 Å². The molecule has 2 N–H and O–H groups in total. The number of piperidine rings is 1. The number of nitrogens with zero attached hydrogens (tertiary/aromatic N) is 2. The van der Waals surface area contributed by atoms with Gasteiger partial charge in [0.15, 0.2) is 11.7 Å². The summed E-state index contributed by atoms with van der Waals surface area (Å²) in [4.78, 5) is 18.5. The van der Waals surface area contributed by atoms with Crippen LogP contribution in [-0.2, 0) is 4.79 Å². The number of para-hydroxylation sites is 1. The third kappa shape index (κ3) is 3.82. The molecule has 0 aliphatic carbocycles. The van der Waals surface area contributed by atoms with Crippen LogP contribution < -0.4 is 10.5 Å². The highest BCUT2D eigenvalue weighted by molar-refractivity contribution is 7.13. The molecule has 2 aromatic rings. The lowest BCUT2D eigenvalue weighted by molar-refractivity contribution is -0.134. The van der Waals surface area contributed by atoms with E-state index in [0.29, 0.717) is 16.8 Å². The standard InChI is InChI=1S/C17H21N3O2S/c1-12-6-8-20(9-7-12)16(21)10-22-15-5-3-2-4-13(15)14-11-23-17(18)19-14/h2-5,11-12H,6-10H2,1H3,(H2,18,19). The van der Waals surface area contributed by atoms with Crippen LogP contribution in [-0.4, -0.2) is 35.5 Å². The Morgan fingerprint density at radius 1 is 1.39 bits per heavy atom. The van der Waals surface area contributed by atoms with Crippen LogP contribution in [0.5, 0.6) is 5.75 Å². The summed E-state index contributed by atoms with van der Waals surface area (Å²) < 4.78 is 5.78. The molecule has 5 nitrogen and oxygen atoms in total. The molecule has 2 heterocycles.